The highest BCUT2D eigenvalue weighted by Gasteiger charge is 2.28. The zero-order valence-electron chi connectivity index (χ0n) is 17.7. The number of hydrogen-bond donors (Lipinski definition) is 1. The number of benzene rings is 3. The zero-order valence-corrected chi connectivity index (χ0v) is 20.0. The van der Waals surface area contributed by atoms with Crippen LogP contribution in [0.25, 0.3) is 0 Å². The van der Waals surface area contributed by atoms with E-state index < -0.39 is 22.5 Å². The zero-order chi connectivity index (χ0) is 23.8. The Hall–Kier alpha value is -2.94. The lowest BCUT2D eigenvalue weighted by molar-refractivity contribution is -0.119. The van der Waals surface area contributed by atoms with Crippen LogP contribution in [0.1, 0.15) is 0 Å². The van der Waals surface area contributed by atoms with E-state index in [1.807, 2.05) is 0 Å². The van der Waals surface area contributed by atoms with Crippen LogP contribution in [0.5, 0.6) is 11.5 Å². The average Bonchev–Trinajstić information content (AvgIpc) is 2.81. The second kappa shape index (κ2) is 11.3. The molecule has 10 heteroatoms. The Bertz CT molecular complexity index is 1210. The minimum atomic E-state index is -4.07. The van der Waals surface area contributed by atoms with Gasteiger partial charge in [-0.2, -0.15) is 0 Å². The second-order valence-corrected chi connectivity index (χ2v) is 9.50. The van der Waals surface area contributed by atoms with Crippen LogP contribution in [0.4, 0.5) is 5.69 Å². The first kappa shape index (κ1) is 24.7. The Kier molecular flexibility index (Phi) is 8.43. The molecule has 0 atom stereocenters. The molecule has 0 heterocycles. The van der Waals surface area contributed by atoms with E-state index in [0.29, 0.717) is 16.5 Å². The molecular weight excluding hydrogens is 487 g/mol. The summed E-state index contributed by atoms with van der Waals surface area (Å²) in [6.07, 6.45) is 0. The normalized spacial score (nSPS) is 11.0. The maximum atomic E-state index is 13.3. The number of sulfonamides is 1. The van der Waals surface area contributed by atoms with Crippen LogP contribution in [0.3, 0.4) is 0 Å². The van der Waals surface area contributed by atoms with E-state index >= 15 is 0 Å². The van der Waals surface area contributed by atoms with Crippen molar-refractivity contribution in [3.63, 3.8) is 0 Å². The van der Waals surface area contributed by atoms with Crippen LogP contribution in [-0.4, -0.2) is 41.1 Å². The molecule has 1 N–H and O–H groups in total. The van der Waals surface area contributed by atoms with Gasteiger partial charge in [-0.15, -0.1) is 0 Å². The van der Waals surface area contributed by atoms with Crippen molar-refractivity contribution in [1.82, 2.24) is 5.32 Å². The molecular formula is C23H22Cl2N2O5S. The van der Waals surface area contributed by atoms with Gasteiger partial charge < -0.3 is 14.8 Å². The van der Waals surface area contributed by atoms with Gasteiger partial charge in [-0.3, -0.25) is 9.10 Å². The third-order valence-corrected chi connectivity index (χ3v) is 6.84. The molecule has 0 fully saturated rings. The Morgan fingerprint density at radius 1 is 0.970 bits per heavy atom. The summed E-state index contributed by atoms with van der Waals surface area (Å²) in [4.78, 5) is 12.7. The maximum Gasteiger partial charge on any atom is 0.264 e. The largest absolute Gasteiger partial charge is 0.497 e. The van der Waals surface area contributed by atoms with Crippen molar-refractivity contribution in [3.05, 3.63) is 82.8 Å². The van der Waals surface area contributed by atoms with Crippen molar-refractivity contribution >= 4 is 44.8 Å². The molecule has 0 saturated carbocycles. The molecule has 0 unspecified atom stereocenters. The Morgan fingerprint density at radius 2 is 1.70 bits per heavy atom. The molecule has 0 aliphatic rings. The Morgan fingerprint density at radius 3 is 2.39 bits per heavy atom. The van der Waals surface area contributed by atoms with E-state index in [0.717, 1.165) is 4.31 Å². The van der Waals surface area contributed by atoms with Gasteiger partial charge in [0, 0.05) is 11.1 Å². The molecule has 0 radical (unpaired) electrons. The molecule has 0 aliphatic heterocycles. The number of carbonyl (C=O) groups is 1. The van der Waals surface area contributed by atoms with E-state index in [9.17, 15) is 13.2 Å². The van der Waals surface area contributed by atoms with Gasteiger partial charge in [-0.05, 0) is 42.5 Å². The monoisotopic (exact) mass is 508 g/mol. The lowest BCUT2D eigenvalue weighted by Gasteiger charge is -2.25. The summed E-state index contributed by atoms with van der Waals surface area (Å²) in [7, 11) is -2.51. The number of hydrogen-bond acceptors (Lipinski definition) is 5. The molecule has 174 valence electrons. The van der Waals surface area contributed by atoms with Crippen LogP contribution in [-0.2, 0) is 14.8 Å². The highest BCUT2D eigenvalue weighted by Crippen LogP contribution is 2.32. The SMILES string of the molecule is COc1cccc(OCCNC(=O)CN(c2ccc(Cl)cc2Cl)S(=O)(=O)c2ccccc2)c1. The maximum absolute atomic E-state index is 13.3. The number of nitrogens with one attached hydrogen (secondary N) is 1. The molecule has 3 aromatic rings. The number of carbonyl (C=O) groups excluding carboxylic acids is 1. The molecule has 3 aromatic carbocycles. The molecule has 1 amide bonds. The van der Waals surface area contributed by atoms with E-state index in [1.165, 1.54) is 30.3 Å². The predicted molar refractivity (Wildman–Crippen MR) is 129 cm³/mol. The van der Waals surface area contributed by atoms with Gasteiger partial charge >= 0.3 is 0 Å². The number of amides is 1. The predicted octanol–water partition coefficient (Wildman–Crippen LogP) is 4.39. The molecule has 0 spiro atoms. The smallest absolute Gasteiger partial charge is 0.264 e. The average molecular weight is 509 g/mol. The summed E-state index contributed by atoms with van der Waals surface area (Å²) in [5, 5.41) is 3.12. The van der Waals surface area contributed by atoms with E-state index in [-0.39, 0.29) is 28.8 Å². The van der Waals surface area contributed by atoms with Gasteiger partial charge in [0.25, 0.3) is 10.0 Å². The number of methoxy groups -OCH3 is 1. The molecule has 33 heavy (non-hydrogen) atoms. The van der Waals surface area contributed by atoms with Crippen LogP contribution in [0.2, 0.25) is 10.0 Å². The lowest BCUT2D eigenvalue weighted by Crippen LogP contribution is -2.42. The summed E-state index contributed by atoms with van der Waals surface area (Å²) in [6.45, 7) is -0.118. The fraction of sp³-hybridized carbons (Fsp3) is 0.174. The van der Waals surface area contributed by atoms with Gasteiger partial charge in [-0.25, -0.2) is 8.42 Å². The van der Waals surface area contributed by atoms with Crippen LogP contribution >= 0.6 is 23.2 Å². The summed E-state index contributed by atoms with van der Waals surface area (Å²) in [6, 6.07) is 19.3. The van der Waals surface area contributed by atoms with Crippen molar-refractivity contribution in [2.24, 2.45) is 0 Å². The number of halogens is 2. The first-order valence-corrected chi connectivity index (χ1v) is 12.1. The number of anilines is 1. The number of ether oxygens (including phenoxy) is 2. The fourth-order valence-electron chi connectivity index (χ4n) is 2.94. The molecule has 0 aromatic heterocycles. The Balaban J connectivity index is 1.71. The number of nitrogens with zero attached hydrogens (tertiary/aromatic N) is 1. The third kappa shape index (κ3) is 6.54. The van der Waals surface area contributed by atoms with Crippen LogP contribution in [0.15, 0.2) is 77.7 Å². The minimum Gasteiger partial charge on any atom is -0.497 e. The fourth-order valence-corrected chi connectivity index (χ4v) is 4.96. The van der Waals surface area contributed by atoms with Crippen molar-refractivity contribution in [1.29, 1.82) is 0 Å². The summed E-state index contributed by atoms with van der Waals surface area (Å²) in [5.41, 5.74) is 0.146. The van der Waals surface area contributed by atoms with E-state index in [1.54, 1.807) is 49.6 Å². The van der Waals surface area contributed by atoms with Crippen LogP contribution < -0.4 is 19.1 Å². The first-order chi connectivity index (χ1) is 15.8. The summed E-state index contributed by atoms with van der Waals surface area (Å²) < 4.78 is 38.3. The standard InChI is InChI=1S/C23H22Cl2N2O5S/c1-31-18-6-5-7-19(15-18)32-13-12-26-23(28)16-27(22-11-10-17(24)14-21(22)25)33(29,30)20-8-3-2-4-9-20/h2-11,14-15H,12-13,16H2,1H3,(H,26,28). The molecule has 0 bridgehead atoms. The molecule has 7 nitrogen and oxygen atoms in total. The van der Waals surface area contributed by atoms with Crippen LogP contribution in [0, 0.1) is 0 Å². The third-order valence-electron chi connectivity index (χ3n) is 4.53. The van der Waals surface area contributed by atoms with E-state index in [2.05, 4.69) is 5.32 Å². The highest BCUT2D eigenvalue weighted by molar-refractivity contribution is 7.92. The van der Waals surface area contributed by atoms with Gasteiger partial charge in [0.05, 0.1) is 29.3 Å². The second-order valence-electron chi connectivity index (χ2n) is 6.80. The summed E-state index contributed by atoms with van der Waals surface area (Å²) >= 11 is 12.2. The highest BCUT2D eigenvalue weighted by atomic mass is 35.5. The molecule has 3 rings (SSSR count). The van der Waals surface area contributed by atoms with Gasteiger partial charge in [0.15, 0.2) is 0 Å². The van der Waals surface area contributed by atoms with Gasteiger partial charge in [-0.1, -0.05) is 47.5 Å². The minimum absolute atomic E-state index is 0.0326. The topological polar surface area (TPSA) is 84.9 Å². The van der Waals surface area contributed by atoms with Gasteiger partial charge in [0.1, 0.15) is 24.7 Å². The van der Waals surface area contributed by atoms with Crippen molar-refractivity contribution < 1.29 is 22.7 Å². The quantitative estimate of drug-likeness (QED) is 0.410. The summed E-state index contributed by atoms with van der Waals surface area (Å²) in [5.74, 6) is 0.720. The van der Waals surface area contributed by atoms with Crippen molar-refractivity contribution in [2.45, 2.75) is 4.90 Å². The molecule has 0 saturated heterocycles. The lowest BCUT2D eigenvalue weighted by atomic mass is 10.3. The van der Waals surface area contributed by atoms with Crippen molar-refractivity contribution in [2.75, 3.05) is 31.1 Å². The number of rotatable bonds is 10. The molecule has 0 aliphatic carbocycles. The van der Waals surface area contributed by atoms with E-state index in [4.69, 9.17) is 32.7 Å². The van der Waals surface area contributed by atoms with Crippen molar-refractivity contribution in [3.8, 4) is 11.5 Å². The van der Waals surface area contributed by atoms with Gasteiger partial charge in [0.2, 0.25) is 5.91 Å². The Labute approximate surface area is 202 Å². The first-order valence-electron chi connectivity index (χ1n) is 9.87.